The number of hydrogen-bond acceptors (Lipinski definition) is 6. The zero-order chi connectivity index (χ0) is 21.8. The number of amides is 1. The predicted octanol–water partition coefficient (Wildman–Crippen LogP) is 4.65. The van der Waals surface area contributed by atoms with Gasteiger partial charge < -0.3 is 5.32 Å². The van der Waals surface area contributed by atoms with Gasteiger partial charge in [0.25, 0.3) is 0 Å². The number of nitrogens with zero attached hydrogens (tertiary/aromatic N) is 4. The number of tetrazole rings is 1. The number of nitrogens with one attached hydrogen (secondary N) is 1. The van der Waals surface area contributed by atoms with Crippen LogP contribution in [0.4, 0.5) is 0 Å². The van der Waals surface area contributed by atoms with Gasteiger partial charge in [-0.15, -0.1) is 16.4 Å². The second kappa shape index (κ2) is 9.45. The Morgan fingerprint density at radius 2 is 1.90 bits per heavy atom. The maximum Gasteiger partial charge on any atom is 0.231 e. The first-order valence-electron chi connectivity index (χ1n) is 9.89. The molecule has 1 atom stereocenters. The predicted molar refractivity (Wildman–Crippen MR) is 125 cm³/mol. The van der Waals surface area contributed by atoms with Gasteiger partial charge in [-0.05, 0) is 71.5 Å². The van der Waals surface area contributed by atoms with E-state index < -0.39 is 0 Å². The number of thiophene rings is 1. The first-order valence-corrected chi connectivity index (χ1v) is 11.8. The van der Waals surface area contributed by atoms with Crippen molar-refractivity contribution in [2.24, 2.45) is 0 Å². The van der Waals surface area contributed by atoms with E-state index in [-0.39, 0.29) is 17.7 Å². The van der Waals surface area contributed by atoms with Crippen LogP contribution in [0.15, 0.2) is 65.1 Å². The number of aryl methyl sites for hydroxylation is 3. The summed E-state index contributed by atoms with van der Waals surface area (Å²) in [6.07, 6.45) is 0. The van der Waals surface area contributed by atoms with Gasteiger partial charge in [-0.25, -0.2) is 0 Å². The Hall–Kier alpha value is -2.97. The Kier molecular flexibility index (Phi) is 6.48. The summed E-state index contributed by atoms with van der Waals surface area (Å²) < 4.78 is 1.67. The van der Waals surface area contributed by atoms with Gasteiger partial charge in [-0.3, -0.25) is 4.79 Å². The molecule has 2 aromatic heterocycles. The Labute approximate surface area is 189 Å². The Morgan fingerprint density at radius 3 is 2.61 bits per heavy atom. The van der Waals surface area contributed by atoms with E-state index in [1.54, 1.807) is 16.0 Å². The smallest absolute Gasteiger partial charge is 0.231 e. The minimum atomic E-state index is -0.176. The average Bonchev–Trinajstić information content (AvgIpc) is 3.45. The zero-order valence-corrected chi connectivity index (χ0v) is 19.2. The highest BCUT2D eigenvalue weighted by molar-refractivity contribution is 7.99. The van der Waals surface area contributed by atoms with Gasteiger partial charge >= 0.3 is 0 Å². The van der Waals surface area contributed by atoms with Crippen LogP contribution in [0.1, 0.15) is 33.2 Å². The van der Waals surface area contributed by atoms with Gasteiger partial charge in [0, 0.05) is 4.88 Å². The van der Waals surface area contributed by atoms with Crippen molar-refractivity contribution in [2.45, 2.75) is 32.0 Å². The molecule has 1 N–H and O–H groups in total. The van der Waals surface area contributed by atoms with Crippen molar-refractivity contribution >= 4 is 29.0 Å². The summed E-state index contributed by atoms with van der Waals surface area (Å²) in [7, 11) is 0. The number of carbonyl (C=O) groups excluding carboxylic acids is 1. The summed E-state index contributed by atoms with van der Waals surface area (Å²) in [5.41, 5.74) is 5.51. The number of hydrogen-bond donors (Lipinski definition) is 1. The lowest BCUT2D eigenvalue weighted by atomic mass is 10.0. The lowest BCUT2D eigenvalue weighted by Crippen LogP contribution is -2.30. The molecule has 0 spiro atoms. The van der Waals surface area contributed by atoms with E-state index in [9.17, 15) is 4.79 Å². The SMILES string of the molecule is Cc1ccc(C(NC(=O)CSc2nnnn2-c2ccc(C)c(C)c2)c2cccs2)cc1. The molecular weight excluding hydrogens is 426 g/mol. The lowest BCUT2D eigenvalue weighted by molar-refractivity contribution is -0.119. The molecule has 4 rings (SSSR count). The van der Waals surface area contributed by atoms with Crippen LogP contribution < -0.4 is 5.32 Å². The van der Waals surface area contributed by atoms with E-state index in [1.807, 2.05) is 35.7 Å². The minimum Gasteiger partial charge on any atom is -0.344 e. The second-order valence-corrected chi connectivity index (χ2v) is 9.28. The fourth-order valence-corrected chi connectivity index (χ4v) is 4.66. The number of rotatable bonds is 7. The summed E-state index contributed by atoms with van der Waals surface area (Å²) in [6.45, 7) is 6.18. The largest absolute Gasteiger partial charge is 0.344 e. The topological polar surface area (TPSA) is 72.7 Å². The molecule has 158 valence electrons. The lowest BCUT2D eigenvalue weighted by Gasteiger charge is -2.18. The van der Waals surface area contributed by atoms with Crippen LogP contribution >= 0.6 is 23.1 Å². The highest BCUT2D eigenvalue weighted by Crippen LogP contribution is 2.27. The van der Waals surface area contributed by atoms with E-state index in [1.165, 1.54) is 28.5 Å². The molecule has 0 radical (unpaired) electrons. The van der Waals surface area contributed by atoms with Crippen LogP contribution in [0.5, 0.6) is 0 Å². The molecule has 6 nitrogen and oxygen atoms in total. The molecule has 8 heteroatoms. The van der Waals surface area contributed by atoms with E-state index in [0.717, 1.165) is 16.1 Å². The summed E-state index contributed by atoms with van der Waals surface area (Å²) >= 11 is 2.95. The van der Waals surface area contributed by atoms with E-state index in [4.69, 9.17) is 0 Å². The molecular formula is C23H23N5OS2. The van der Waals surface area contributed by atoms with E-state index in [2.05, 4.69) is 65.9 Å². The molecule has 0 saturated carbocycles. The quantitative estimate of drug-likeness (QED) is 0.416. The first-order chi connectivity index (χ1) is 15.0. The molecule has 0 aliphatic heterocycles. The van der Waals surface area contributed by atoms with E-state index >= 15 is 0 Å². The maximum atomic E-state index is 12.8. The monoisotopic (exact) mass is 449 g/mol. The van der Waals surface area contributed by atoms with Gasteiger partial charge in [0.2, 0.25) is 11.1 Å². The third kappa shape index (κ3) is 5.03. The minimum absolute atomic E-state index is 0.0707. The zero-order valence-electron chi connectivity index (χ0n) is 17.6. The Balaban J connectivity index is 1.47. The molecule has 0 bridgehead atoms. The molecule has 1 unspecified atom stereocenters. The van der Waals surface area contributed by atoms with Crippen molar-refractivity contribution in [3.8, 4) is 5.69 Å². The number of aromatic nitrogens is 4. The fourth-order valence-electron chi connectivity index (χ4n) is 3.15. The van der Waals surface area contributed by atoms with Gasteiger partial charge in [0.05, 0.1) is 17.5 Å². The fraction of sp³-hybridized carbons (Fsp3) is 0.217. The van der Waals surface area contributed by atoms with E-state index in [0.29, 0.717) is 5.16 Å². The first kappa shape index (κ1) is 21.3. The number of benzene rings is 2. The number of thioether (sulfide) groups is 1. The molecule has 0 aliphatic carbocycles. The maximum absolute atomic E-state index is 12.8. The van der Waals surface area contributed by atoms with Crippen LogP contribution in [0.2, 0.25) is 0 Å². The molecule has 4 aromatic rings. The summed E-state index contributed by atoms with van der Waals surface area (Å²) in [5.74, 6) is 0.150. The third-order valence-corrected chi connectivity index (χ3v) is 6.91. The van der Waals surface area contributed by atoms with Crippen molar-refractivity contribution in [1.29, 1.82) is 0 Å². The van der Waals surface area contributed by atoms with Crippen molar-refractivity contribution in [1.82, 2.24) is 25.5 Å². The van der Waals surface area contributed by atoms with Crippen LogP contribution in [-0.2, 0) is 4.79 Å². The van der Waals surface area contributed by atoms with Gasteiger partial charge in [0.15, 0.2) is 0 Å². The third-order valence-electron chi connectivity index (χ3n) is 5.05. The van der Waals surface area contributed by atoms with Gasteiger partial charge in [0.1, 0.15) is 0 Å². The summed E-state index contributed by atoms with van der Waals surface area (Å²) in [6, 6.07) is 18.2. The molecule has 0 saturated heterocycles. The summed E-state index contributed by atoms with van der Waals surface area (Å²) in [5, 5.41) is 17.8. The second-order valence-electron chi connectivity index (χ2n) is 7.36. The van der Waals surface area contributed by atoms with Crippen molar-refractivity contribution in [3.05, 3.63) is 87.1 Å². The average molecular weight is 450 g/mol. The Bertz CT molecular complexity index is 1170. The van der Waals surface area contributed by atoms with Gasteiger partial charge in [-0.2, -0.15) is 4.68 Å². The molecule has 2 aromatic carbocycles. The Morgan fingerprint density at radius 1 is 1.10 bits per heavy atom. The standard InChI is InChI=1S/C23H23N5OS2/c1-15-6-9-18(10-7-15)22(20-5-4-12-30-20)24-21(29)14-31-23-25-26-27-28(23)19-11-8-16(2)17(3)13-19/h4-13,22H,14H2,1-3H3,(H,24,29). The van der Waals surface area contributed by atoms with Gasteiger partial charge in [-0.1, -0.05) is 53.7 Å². The highest BCUT2D eigenvalue weighted by Gasteiger charge is 2.19. The molecule has 2 heterocycles. The van der Waals surface area contributed by atoms with Crippen molar-refractivity contribution < 1.29 is 4.79 Å². The van der Waals surface area contributed by atoms with Crippen molar-refractivity contribution in [2.75, 3.05) is 5.75 Å². The number of carbonyl (C=O) groups is 1. The highest BCUT2D eigenvalue weighted by atomic mass is 32.2. The molecule has 1 amide bonds. The van der Waals surface area contributed by atoms with Crippen LogP contribution in [0, 0.1) is 20.8 Å². The molecule has 0 aliphatic rings. The summed E-state index contributed by atoms with van der Waals surface area (Å²) in [4.78, 5) is 13.9. The van der Waals surface area contributed by atoms with Crippen LogP contribution in [0.25, 0.3) is 5.69 Å². The van der Waals surface area contributed by atoms with Crippen LogP contribution in [-0.4, -0.2) is 31.9 Å². The molecule has 31 heavy (non-hydrogen) atoms. The molecule has 0 fully saturated rings. The van der Waals surface area contributed by atoms with Crippen LogP contribution in [0.3, 0.4) is 0 Å². The normalized spacial score (nSPS) is 12.0. The van der Waals surface area contributed by atoms with Crippen molar-refractivity contribution in [3.63, 3.8) is 0 Å².